The quantitative estimate of drug-likeness (QED) is 0.780. The molecular weight excluding hydrogens is 361 g/mol. The molecule has 2 heterocycles. The normalized spacial score (nSPS) is 11.8. The third-order valence-electron chi connectivity index (χ3n) is 2.42. The van der Waals surface area contributed by atoms with Gasteiger partial charge in [0, 0.05) is 10.8 Å². The molecule has 0 bridgehead atoms. The van der Waals surface area contributed by atoms with Gasteiger partial charge in [-0.05, 0) is 29.5 Å². The molecular formula is C12H14IN3OS. The van der Waals surface area contributed by atoms with Crippen LogP contribution >= 0.6 is 33.9 Å². The number of thiazole rings is 1. The first-order valence-corrected chi connectivity index (χ1v) is 7.47. The lowest BCUT2D eigenvalue weighted by Gasteiger charge is -2.13. The van der Waals surface area contributed by atoms with Crippen molar-refractivity contribution in [3.8, 4) is 11.5 Å². The van der Waals surface area contributed by atoms with E-state index in [0.29, 0.717) is 9.39 Å². The number of rotatable bonds is 1. The number of aryl methyl sites for hydroxylation is 1. The van der Waals surface area contributed by atoms with Crippen molar-refractivity contribution >= 4 is 33.9 Å². The minimum atomic E-state index is -0.108. The molecule has 0 unspecified atom stereocenters. The molecule has 6 heteroatoms. The molecule has 2 aromatic rings. The van der Waals surface area contributed by atoms with Gasteiger partial charge in [0.05, 0.1) is 14.3 Å². The van der Waals surface area contributed by atoms with Gasteiger partial charge in [-0.15, -0.1) is 11.3 Å². The van der Waals surface area contributed by atoms with Crippen LogP contribution in [0.25, 0.3) is 11.5 Å². The van der Waals surface area contributed by atoms with Crippen molar-refractivity contribution in [2.45, 2.75) is 33.1 Å². The summed E-state index contributed by atoms with van der Waals surface area (Å²) < 4.78 is 0.627. The SMILES string of the molecule is Cc1nc(-c2csc(C(C)(C)C)n2)[nH]c(=O)c1I. The standard InChI is InChI=1S/C12H14IN3OS/c1-6-8(13)10(17)16-9(14-6)7-5-18-11(15-7)12(2,3)4/h5H,1-4H3,(H,14,16,17). The van der Waals surface area contributed by atoms with Crippen molar-refractivity contribution < 1.29 is 0 Å². The molecule has 0 amide bonds. The molecule has 4 nitrogen and oxygen atoms in total. The van der Waals surface area contributed by atoms with E-state index < -0.39 is 0 Å². The molecule has 0 aliphatic heterocycles. The zero-order valence-electron chi connectivity index (χ0n) is 10.7. The molecule has 2 rings (SSSR count). The van der Waals surface area contributed by atoms with Crippen molar-refractivity contribution in [2.75, 3.05) is 0 Å². The smallest absolute Gasteiger partial charge is 0.264 e. The Kier molecular flexibility index (Phi) is 3.59. The fourth-order valence-electron chi connectivity index (χ4n) is 1.42. The molecule has 0 saturated heterocycles. The average Bonchev–Trinajstić information content (AvgIpc) is 2.73. The van der Waals surface area contributed by atoms with Crippen LogP contribution in [0.4, 0.5) is 0 Å². The zero-order valence-corrected chi connectivity index (χ0v) is 13.6. The van der Waals surface area contributed by atoms with Crippen LogP contribution < -0.4 is 5.56 Å². The highest BCUT2D eigenvalue weighted by Crippen LogP contribution is 2.28. The van der Waals surface area contributed by atoms with Gasteiger partial charge in [0.15, 0.2) is 5.82 Å². The predicted molar refractivity (Wildman–Crippen MR) is 82.1 cm³/mol. The fourth-order valence-corrected chi connectivity index (χ4v) is 2.57. The number of aromatic amines is 1. The van der Waals surface area contributed by atoms with E-state index in [2.05, 4.69) is 35.7 Å². The summed E-state index contributed by atoms with van der Waals surface area (Å²) in [7, 11) is 0. The Balaban J connectivity index is 2.50. The number of nitrogens with zero attached hydrogens (tertiary/aromatic N) is 2. The van der Waals surface area contributed by atoms with E-state index in [1.165, 1.54) is 0 Å². The van der Waals surface area contributed by atoms with Crippen LogP contribution in [0, 0.1) is 10.5 Å². The molecule has 0 saturated carbocycles. The monoisotopic (exact) mass is 375 g/mol. The molecule has 0 aliphatic rings. The summed E-state index contributed by atoms with van der Waals surface area (Å²) in [4.78, 5) is 23.4. The van der Waals surface area contributed by atoms with E-state index in [-0.39, 0.29) is 11.0 Å². The molecule has 96 valence electrons. The van der Waals surface area contributed by atoms with Crippen molar-refractivity contribution in [3.05, 3.63) is 30.0 Å². The zero-order chi connectivity index (χ0) is 13.5. The number of hydrogen-bond acceptors (Lipinski definition) is 4. The lowest BCUT2D eigenvalue weighted by molar-refractivity contribution is 0.586. The number of H-pyrrole nitrogens is 1. The first kappa shape index (κ1) is 13.7. The van der Waals surface area contributed by atoms with Gasteiger partial charge in [-0.25, -0.2) is 9.97 Å². The van der Waals surface area contributed by atoms with E-state index in [1.807, 2.05) is 34.9 Å². The summed E-state index contributed by atoms with van der Waals surface area (Å²) in [5, 5.41) is 2.97. The van der Waals surface area contributed by atoms with Crippen LogP contribution in [-0.4, -0.2) is 15.0 Å². The Morgan fingerprint density at radius 1 is 1.33 bits per heavy atom. The van der Waals surface area contributed by atoms with Crippen LogP contribution in [0.3, 0.4) is 0 Å². The van der Waals surface area contributed by atoms with Gasteiger partial charge in [-0.3, -0.25) is 4.79 Å². The molecule has 0 radical (unpaired) electrons. The summed E-state index contributed by atoms with van der Waals surface area (Å²) in [6.07, 6.45) is 0. The molecule has 0 atom stereocenters. The second kappa shape index (κ2) is 4.73. The molecule has 0 aromatic carbocycles. The van der Waals surface area contributed by atoms with Crippen molar-refractivity contribution in [1.82, 2.24) is 15.0 Å². The predicted octanol–water partition coefficient (Wildman–Crippen LogP) is 3.10. The maximum atomic E-state index is 11.7. The lowest BCUT2D eigenvalue weighted by Crippen LogP contribution is -2.15. The van der Waals surface area contributed by atoms with Gasteiger partial charge in [-0.1, -0.05) is 20.8 Å². The Morgan fingerprint density at radius 3 is 2.50 bits per heavy atom. The van der Waals surface area contributed by atoms with Gasteiger partial charge in [0.1, 0.15) is 5.69 Å². The highest BCUT2D eigenvalue weighted by molar-refractivity contribution is 14.1. The maximum absolute atomic E-state index is 11.7. The molecule has 18 heavy (non-hydrogen) atoms. The van der Waals surface area contributed by atoms with Crippen LogP contribution in [0.15, 0.2) is 10.2 Å². The van der Waals surface area contributed by atoms with Crippen molar-refractivity contribution in [2.24, 2.45) is 0 Å². The van der Waals surface area contributed by atoms with Gasteiger partial charge in [-0.2, -0.15) is 0 Å². The highest BCUT2D eigenvalue weighted by Gasteiger charge is 2.19. The van der Waals surface area contributed by atoms with Crippen LogP contribution in [0.1, 0.15) is 31.5 Å². The van der Waals surface area contributed by atoms with E-state index in [0.717, 1.165) is 16.4 Å². The molecule has 0 spiro atoms. The number of hydrogen-bond donors (Lipinski definition) is 1. The van der Waals surface area contributed by atoms with Crippen molar-refractivity contribution in [3.63, 3.8) is 0 Å². The highest BCUT2D eigenvalue weighted by atomic mass is 127. The molecule has 0 fully saturated rings. The van der Waals surface area contributed by atoms with Crippen LogP contribution in [-0.2, 0) is 5.41 Å². The Morgan fingerprint density at radius 2 is 2.00 bits per heavy atom. The van der Waals surface area contributed by atoms with E-state index in [1.54, 1.807) is 11.3 Å². The van der Waals surface area contributed by atoms with E-state index >= 15 is 0 Å². The number of nitrogens with one attached hydrogen (secondary N) is 1. The summed E-state index contributed by atoms with van der Waals surface area (Å²) in [5.41, 5.74) is 1.38. The van der Waals surface area contributed by atoms with Gasteiger partial charge in [0.2, 0.25) is 0 Å². The first-order valence-electron chi connectivity index (χ1n) is 5.52. The number of halogens is 1. The summed E-state index contributed by atoms with van der Waals surface area (Å²) >= 11 is 3.59. The Labute approximate surface area is 123 Å². The van der Waals surface area contributed by atoms with Crippen LogP contribution in [0.2, 0.25) is 0 Å². The summed E-state index contributed by atoms with van der Waals surface area (Å²) in [6.45, 7) is 8.18. The third kappa shape index (κ3) is 2.64. The largest absolute Gasteiger partial charge is 0.304 e. The molecule has 2 aromatic heterocycles. The minimum Gasteiger partial charge on any atom is -0.304 e. The topological polar surface area (TPSA) is 58.6 Å². The average molecular weight is 375 g/mol. The molecule has 0 aliphatic carbocycles. The van der Waals surface area contributed by atoms with Crippen LogP contribution in [0.5, 0.6) is 0 Å². The van der Waals surface area contributed by atoms with Gasteiger partial charge >= 0.3 is 0 Å². The van der Waals surface area contributed by atoms with Gasteiger partial charge < -0.3 is 4.98 Å². The van der Waals surface area contributed by atoms with Gasteiger partial charge in [0.25, 0.3) is 5.56 Å². The Bertz CT molecular complexity index is 640. The maximum Gasteiger partial charge on any atom is 0.264 e. The summed E-state index contributed by atoms with van der Waals surface area (Å²) in [6, 6.07) is 0. The van der Waals surface area contributed by atoms with E-state index in [4.69, 9.17) is 0 Å². The minimum absolute atomic E-state index is 0.0153. The number of aromatic nitrogens is 3. The lowest BCUT2D eigenvalue weighted by atomic mass is 9.98. The Hall–Kier alpha value is -0.760. The molecule has 1 N–H and O–H groups in total. The second-order valence-electron chi connectivity index (χ2n) is 5.10. The summed E-state index contributed by atoms with van der Waals surface area (Å²) in [5.74, 6) is 0.546. The second-order valence-corrected chi connectivity index (χ2v) is 7.04. The fraction of sp³-hybridized carbons (Fsp3) is 0.417. The third-order valence-corrected chi connectivity index (χ3v) is 4.96. The van der Waals surface area contributed by atoms with E-state index in [9.17, 15) is 4.79 Å². The van der Waals surface area contributed by atoms with Crippen molar-refractivity contribution in [1.29, 1.82) is 0 Å². The first-order chi connectivity index (χ1) is 8.29.